The number of rotatable bonds is 8. The van der Waals surface area contributed by atoms with Gasteiger partial charge in [0.25, 0.3) is 0 Å². The number of nitrogens with two attached hydrogens (primary N) is 1. The van der Waals surface area contributed by atoms with Crippen molar-refractivity contribution >= 4 is 17.5 Å². The summed E-state index contributed by atoms with van der Waals surface area (Å²) in [5, 5.41) is 4.29. The predicted molar refractivity (Wildman–Crippen MR) is 123 cm³/mol. The Hall–Kier alpha value is -2.35. The zero-order valence-corrected chi connectivity index (χ0v) is 20.3. The average Bonchev–Trinajstić information content (AvgIpc) is 3.37. The van der Waals surface area contributed by atoms with Crippen LogP contribution in [0.3, 0.4) is 0 Å². The quantitative estimate of drug-likeness (QED) is 0.548. The van der Waals surface area contributed by atoms with Gasteiger partial charge in [0.05, 0.1) is 11.8 Å². The van der Waals surface area contributed by atoms with Crippen LogP contribution in [0.4, 0.5) is 10.6 Å². The van der Waals surface area contributed by atoms with E-state index in [9.17, 15) is 4.79 Å². The average molecular weight is 447 g/mol. The second kappa shape index (κ2) is 9.65. The summed E-state index contributed by atoms with van der Waals surface area (Å²) in [6.07, 6.45) is 4.83. The zero-order valence-electron chi connectivity index (χ0n) is 20.3. The van der Waals surface area contributed by atoms with Crippen LogP contribution in [0.5, 0.6) is 0 Å². The Morgan fingerprint density at radius 1 is 1.28 bits per heavy atom. The summed E-state index contributed by atoms with van der Waals surface area (Å²) in [6, 6.07) is 3.85. The second-order valence-corrected chi connectivity index (χ2v) is 10.2. The summed E-state index contributed by atoms with van der Waals surface area (Å²) in [5.74, 6) is 0.433. The van der Waals surface area contributed by atoms with Gasteiger partial charge in [0.2, 0.25) is 0 Å². The lowest BCUT2D eigenvalue weighted by molar-refractivity contribution is -0.0916. The molecule has 0 aliphatic carbocycles. The van der Waals surface area contributed by atoms with Crippen LogP contribution in [0.2, 0.25) is 0 Å². The number of nitrogen functional groups attached to an aromatic ring is 1. The normalized spacial score (nSPS) is 21.9. The van der Waals surface area contributed by atoms with Gasteiger partial charge >= 0.3 is 6.16 Å². The zero-order chi connectivity index (χ0) is 23.5. The molecule has 178 valence electrons. The van der Waals surface area contributed by atoms with Crippen molar-refractivity contribution in [2.24, 2.45) is 10.8 Å². The smallest absolute Gasteiger partial charge is 0.432 e. The van der Waals surface area contributed by atoms with Gasteiger partial charge in [-0.05, 0) is 43.2 Å². The molecular formula is C24H38N4O4. The summed E-state index contributed by atoms with van der Waals surface area (Å²) in [5.41, 5.74) is 7.32. The number of aromatic nitrogens is 3. The minimum atomic E-state index is -0.624. The van der Waals surface area contributed by atoms with E-state index in [1.807, 2.05) is 12.1 Å². The van der Waals surface area contributed by atoms with Gasteiger partial charge in [0.15, 0.2) is 5.82 Å². The first-order valence-electron chi connectivity index (χ1n) is 11.7. The first-order valence-corrected chi connectivity index (χ1v) is 11.7. The van der Waals surface area contributed by atoms with Gasteiger partial charge in [-0.2, -0.15) is 5.10 Å². The van der Waals surface area contributed by atoms with Crippen LogP contribution in [-0.4, -0.2) is 39.6 Å². The molecule has 3 rings (SSSR count). The van der Waals surface area contributed by atoms with Crippen molar-refractivity contribution in [3.05, 3.63) is 24.2 Å². The van der Waals surface area contributed by atoms with Gasteiger partial charge in [-0.1, -0.05) is 48.0 Å². The molecule has 32 heavy (non-hydrogen) atoms. The van der Waals surface area contributed by atoms with Crippen molar-refractivity contribution in [2.75, 3.05) is 12.3 Å². The van der Waals surface area contributed by atoms with Gasteiger partial charge in [-0.15, -0.1) is 0 Å². The van der Waals surface area contributed by atoms with E-state index in [2.05, 4.69) is 51.6 Å². The molecular weight excluding hydrogens is 408 g/mol. The Kier molecular flexibility index (Phi) is 7.32. The van der Waals surface area contributed by atoms with E-state index >= 15 is 0 Å². The van der Waals surface area contributed by atoms with Crippen molar-refractivity contribution in [1.29, 1.82) is 0 Å². The van der Waals surface area contributed by atoms with Crippen LogP contribution in [0.15, 0.2) is 18.5 Å². The van der Waals surface area contributed by atoms with E-state index in [1.54, 1.807) is 4.52 Å². The van der Waals surface area contributed by atoms with Crippen LogP contribution in [-0.2, 0) is 14.2 Å². The van der Waals surface area contributed by atoms with Gasteiger partial charge in [0, 0.05) is 5.41 Å². The minimum absolute atomic E-state index is 0.0965. The molecule has 0 saturated carbocycles. The van der Waals surface area contributed by atoms with Crippen molar-refractivity contribution in [1.82, 2.24) is 14.6 Å². The van der Waals surface area contributed by atoms with E-state index in [1.165, 1.54) is 6.33 Å². The fraction of sp³-hybridized carbons (Fsp3) is 0.708. The Morgan fingerprint density at radius 3 is 2.69 bits per heavy atom. The van der Waals surface area contributed by atoms with Crippen LogP contribution in [0, 0.1) is 10.8 Å². The molecule has 1 aliphatic rings. The number of carbonyl (C=O) groups is 1. The lowest BCUT2D eigenvalue weighted by Gasteiger charge is -2.43. The number of ether oxygens (including phenoxy) is 3. The Labute approximate surface area is 190 Å². The van der Waals surface area contributed by atoms with Gasteiger partial charge in [-0.3, -0.25) is 0 Å². The summed E-state index contributed by atoms with van der Waals surface area (Å²) < 4.78 is 19.3. The van der Waals surface area contributed by atoms with E-state index in [0.29, 0.717) is 5.82 Å². The number of anilines is 1. The molecule has 8 nitrogen and oxygen atoms in total. The molecule has 0 bridgehead atoms. The molecule has 4 atom stereocenters. The topological polar surface area (TPSA) is 101 Å². The van der Waals surface area contributed by atoms with Crippen LogP contribution < -0.4 is 5.73 Å². The molecule has 0 radical (unpaired) electrons. The van der Waals surface area contributed by atoms with Crippen LogP contribution in [0.1, 0.15) is 85.4 Å². The first kappa shape index (κ1) is 24.3. The standard InChI is InChI=1S/C24H38N4O4/c1-7-13-24(6,8-2)21(23(3,4)5)32-22(29)30-14-16-9-12-19(31-16)17-10-11-18-20(25)26-15-27-28(17)18/h10-11,15-16,19,21H,7-9,12-14H2,1-6H3,(H2,25,26,27). The van der Waals surface area contributed by atoms with E-state index in [-0.39, 0.29) is 35.7 Å². The maximum absolute atomic E-state index is 12.6. The third-order valence-corrected chi connectivity index (χ3v) is 6.60. The van der Waals surface area contributed by atoms with Gasteiger partial charge in [-0.25, -0.2) is 14.3 Å². The van der Waals surface area contributed by atoms with Crippen molar-refractivity contribution < 1.29 is 19.0 Å². The van der Waals surface area contributed by atoms with Crippen LogP contribution in [0.25, 0.3) is 5.52 Å². The van der Waals surface area contributed by atoms with Gasteiger partial charge in [0.1, 0.15) is 30.7 Å². The van der Waals surface area contributed by atoms with E-state index in [4.69, 9.17) is 19.9 Å². The molecule has 2 aromatic heterocycles. The Balaban J connectivity index is 1.58. The molecule has 3 heterocycles. The summed E-state index contributed by atoms with van der Waals surface area (Å²) in [4.78, 5) is 16.6. The third-order valence-electron chi connectivity index (χ3n) is 6.60. The number of fused-ring (bicyclic) bond motifs is 1. The van der Waals surface area contributed by atoms with E-state index < -0.39 is 6.16 Å². The molecule has 2 aromatic rings. The number of carbonyl (C=O) groups excluding carboxylic acids is 1. The van der Waals surface area contributed by atoms with Gasteiger partial charge < -0.3 is 19.9 Å². The fourth-order valence-corrected chi connectivity index (χ4v) is 4.98. The third kappa shape index (κ3) is 5.17. The lowest BCUT2D eigenvalue weighted by atomic mass is 9.68. The fourth-order valence-electron chi connectivity index (χ4n) is 4.98. The number of nitrogens with zero attached hydrogens (tertiary/aromatic N) is 3. The molecule has 4 unspecified atom stereocenters. The largest absolute Gasteiger partial charge is 0.508 e. The Morgan fingerprint density at radius 2 is 2.03 bits per heavy atom. The molecule has 1 fully saturated rings. The highest BCUT2D eigenvalue weighted by Crippen LogP contribution is 2.42. The van der Waals surface area contributed by atoms with Crippen molar-refractivity contribution in [3.63, 3.8) is 0 Å². The van der Waals surface area contributed by atoms with E-state index in [0.717, 1.165) is 43.3 Å². The molecule has 2 N–H and O–H groups in total. The summed E-state index contributed by atoms with van der Waals surface area (Å²) in [6.45, 7) is 13.0. The summed E-state index contributed by atoms with van der Waals surface area (Å²) in [7, 11) is 0. The number of hydrogen-bond donors (Lipinski definition) is 1. The number of hydrogen-bond acceptors (Lipinski definition) is 7. The van der Waals surface area contributed by atoms with Crippen LogP contribution >= 0.6 is 0 Å². The molecule has 1 saturated heterocycles. The molecule has 1 aliphatic heterocycles. The molecule has 8 heteroatoms. The molecule has 0 aromatic carbocycles. The van der Waals surface area contributed by atoms with Crippen molar-refractivity contribution in [2.45, 2.75) is 92.0 Å². The monoisotopic (exact) mass is 446 g/mol. The highest BCUT2D eigenvalue weighted by Gasteiger charge is 2.43. The highest BCUT2D eigenvalue weighted by molar-refractivity contribution is 5.65. The maximum Gasteiger partial charge on any atom is 0.508 e. The first-order chi connectivity index (χ1) is 15.1. The molecule has 0 amide bonds. The second-order valence-electron chi connectivity index (χ2n) is 10.2. The van der Waals surface area contributed by atoms with Crippen molar-refractivity contribution in [3.8, 4) is 0 Å². The predicted octanol–water partition coefficient (Wildman–Crippen LogP) is 5.32. The highest BCUT2D eigenvalue weighted by atomic mass is 16.7. The minimum Gasteiger partial charge on any atom is -0.432 e. The molecule has 0 spiro atoms. The summed E-state index contributed by atoms with van der Waals surface area (Å²) >= 11 is 0. The Bertz CT molecular complexity index is 922. The SMILES string of the molecule is CCCC(C)(CC)C(OC(=O)OCC1CCC(c2ccc3c(N)ncnn23)O1)C(C)(C)C. The maximum atomic E-state index is 12.6. The lowest BCUT2D eigenvalue weighted by Crippen LogP contribution is -2.45.